The molecule has 0 spiro atoms. The first-order chi connectivity index (χ1) is 11.1. The number of carbonyl (C=O) groups excluding carboxylic acids is 2. The molecule has 1 fully saturated rings. The van der Waals surface area contributed by atoms with E-state index in [2.05, 4.69) is 0 Å². The standard InChI is InChI=1S/C18H19N3O2/c1-12(2)21-15-8-4-3-7-13(15)16(18(21)23)14(11-19)17(22)20-9-5-6-10-20/h3-4,7-8,12H,5-6,9-10H2,1-2H3. The summed E-state index contributed by atoms with van der Waals surface area (Å²) in [5.74, 6) is -0.584. The summed E-state index contributed by atoms with van der Waals surface area (Å²) < 4.78 is 0. The van der Waals surface area contributed by atoms with Gasteiger partial charge in [0.15, 0.2) is 0 Å². The zero-order chi connectivity index (χ0) is 16.6. The summed E-state index contributed by atoms with van der Waals surface area (Å²) in [6.07, 6.45) is 1.89. The van der Waals surface area contributed by atoms with Gasteiger partial charge in [0.05, 0.1) is 11.3 Å². The van der Waals surface area contributed by atoms with Crippen molar-refractivity contribution in [3.05, 3.63) is 35.4 Å². The van der Waals surface area contributed by atoms with Gasteiger partial charge in [0.1, 0.15) is 11.6 Å². The molecule has 1 saturated heterocycles. The molecule has 5 nitrogen and oxygen atoms in total. The fourth-order valence-corrected chi connectivity index (χ4v) is 3.28. The largest absolute Gasteiger partial charge is 0.338 e. The smallest absolute Gasteiger partial charge is 0.265 e. The molecule has 2 heterocycles. The van der Waals surface area contributed by atoms with E-state index in [9.17, 15) is 14.9 Å². The Morgan fingerprint density at radius 1 is 1.22 bits per heavy atom. The van der Waals surface area contributed by atoms with Gasteiger partial charge in [0, 0.05) is 24.7 Å². The minimum atomic E-state index is -0.325. The molecule has 2 amide bonds. The lowest BCUT2D eigenvalue weighted by Gasteiger charge is -2.21. The highest BCUT2D eigenvalue weighted by Crippen LogP contribution is 2.39. The number of hydrogen-bond acceptors (Lipinski definition) is 3. The quantitative estimate of drug-likeness (QED) is 0.622. The Balaban J connectivity index is 2.15. The van der Waals surface area contributed by atoms with Crippen molar-refractivity contribution in [2.75, 3.05) is 18.0 Å². The molecule has 0 radical (unpaired) electrons. The van der Waals surface area contributed by atoms with E-state index >= 15 is 0 Å². The molecule has 0 aliphatic carbocycles. The average molecular weight is 309 g/mol. The second-order valence-corrected chi connectivity index (χ2v) is 6.15. The zero-order valence-electron chi connectivity index (χ0n) is 13.4. The molecule has 23 heavy (non-hydrogen) atoms. The number of fused-ring (bicyclic) bond motifs is 1. The van der Waals surface area contributed by atoms with Crippen LogP contribution in [0.25, 0.3) is 5.57 Å². The number of hydrogen-bond donors (Lipinski definition) is 0. The van der Waals surface area contributed by atoms with E-state index < -0.39 is 0 Å². The van der Waals surface area contributed by atoms with Crippen LogP contribution in [-0.4, -0.2) is 35.8 Å². The van der Waals surface area contributed by atoms with Gasteiger partial charge in [0.25, 0.3) is 11.8 Å². The first kappa shape index (κ1) is 15.3. The van der Waals surface area contributed by atoms with Crippen molar-refractivity contribution in [2.45, 2.75) is 32.7 Å². The number of rotatable bonds is 2. The van der Waals surface area contributed by atoms with Crippen LogP contribution < -0.4 is 4.90 Å². The Bertz CT molecular complexity index is 737. The van der Waals surface area contributed by atoms with Crippen molar-refractivity contribution in [2.24, 2.45) is 0 Å². The Hall–Kier alpha value is -2.61. The molecule has 2 aliphatic heterocycles. The topological polar surface area (TPSA) is 64.4 Å². The highest BCUT2D eigenvalue weighted by molar-refractivity contribution is 6.37. The minimum Gasteiger partial charge on any atom is -0.338 e. The molecule has 0 unspecified atom stereocenters. The maximum Gasteiger partial charge on any atom is 0.265 e. The number of anilines is 1. The lowest BCUT2D eigenvalue weighted by molar-refractivity contribution is -0.125. The van der Waals surface area contributed by atoms with E-state index in [0.29, 0.717) is 18.7 Å². The van der Waals surface area contributed by atoms with Gasteiger partial charge in [-0.25, -0.2) is 0 Å². The average Bonchev–Trinajstić information content (AvgIpc) is 3.15. The second-order valence-electron chi connectivity index (χ2n) is 6.15. The van der Waals surface area contributed by atoms with Gasteiger partial charge < -0.3 is 9.80 Å². The van der Waals surface area contributed by atoms with E-state index in [1.807, 2.05) is 38.1 Å². The van der Waals surface area contributed by atoms with Gasteiger partial charge in [0.2, 0.25) is 0 Å². The molecule has 2 aliphatic rings. The van der Waals surface area contributed by atoms with E-state index in [-0.39, 0.29) is 29.0 Å². The summed E-state index contributed by atoms with van der Waals surface area (Å²) in [5.41, 5.74) is 1.65. The van der Waals surface area contributed by atoms with E-state index in [0.717, 1.165) is 18.5 Å². The third-order valence-corrected chi connectivity index (χ3v) is 4.35. The lowest BCUT2D eigenvalue weighted by atomic mass is 10.0. The fourth-order valence-electron chi connectivity index (χ4n) is 3.28. The Morgan fingerprint density at radius 2 is 1.87 bits per heavy atom. The summed E-state index contributed by atoms with van der Waals surface area (Å²) in [4.78, 5) is 28.9. The van der Waals surface area contributed by atoms with Gasteiger partial charge in [-0.2, -0.15) is 5.26 Å². The molecule has 0 atom stereocenters. The van der Waals surface area contributed by atoms with Gasteiger partial charge >= 0.3 is 0 Å². The normalized spacial score (nSPS) is 19.1. The zero-order valence-corrected chi connectivity index (χ0v) is 13.4. The highest BCUT2D eigenvalue weighted by atomic mass is 16.2. The molecule has 1 aromatic carbocycles. The number of benzene rings is 1. The van der Waals surface area contributed by atoms with Crippen LogP contribution in [0.5, 0.6) is 0 Å². The van der Waals surface area contributed by atoms with Crippen molar-refractivity contribution in [3.63, 3.8) is 0 Å². The summed E-state index contributed by atoms with van der Waals surface area (Å²) in [6.45, 7) is 5.15. The van der Waals surface area contributed by atoms with Crippen LogP contribution in [0, 0.1) is 11.3 Å². The molecule has 0 N–H and O–H groups in total. The second kappa shape index (κ2) is 5.88. The Labute approximate surface area is 135 Å². The van der Waals surface area contributed by atoms with Gasteiger partial charge in [-0.15, -0.1) is 0 Å². The number of amides is 2. The molecule has 1 aromatic rings. The number of nitrogens with zero attached hydrogens (tertiary/aromatic N) is 3. The first-order valence-corrected chi connectivity index (χ1v) is 7.93. The Kier molecular flexibility index (Phi) is 3.91. The fraction of sp³-hybridized carbons (Fsp3) is 0.389. The maximum absolute atomic E-state index is 12.9. The molecular weight excluding hydrogens is 290 g/mol. The minimum absolute atomic E-state index is 0.0347. The summed E-state index contributed by atoms with van der Waals surface area (Å²) in [6, 6.07) is 9.30. The van der Waals surface area contributed by atoms with Crippen LogP contribution >= 0.6 is 0 Å². The van der Waals surface area contributed by atoms with Crippen molar-refractivity contribution in [1.82, 2.24) is 4.90 Å². The van der Waals surface area contributed by atoms with Crippen LogP contribution in [0.4, 0.5) is 5.69 Å². The van der Waals surface area contributed by atoms with Crippen LogP contribution in [0.2, 0.25) is 0 Å². The third-order valence-electron chi connectivity index (χ3n) is 4.35. The van der Waals surface area contributed by atoms with Gasteiger partial charge in [-0.1, -0.05) is 18.2 Å². The SMILES string of the molecule is CC(C)N1C(=O)C(=C(C#N)C(=O)N2CCCC2)c2ccccc21. The lowest BCUT2D eigenvalue weighted by Crippen LogP contribution is -2.34. The molecule has 0 bridgehead atoms. The third kappa shape index (κ3) is 2.40. The van der Waals surface area contributed by atoms with Crippen LogP contribution in [-0.2, 0) is 9.59 Å². The van der Waals surface area contributed by atoms with Crippen molar-refractivity contribution in [3.8, 4) is 6.07 Å². The van der Waals surface area contributed by atoms with Crippen molar-refractivity contribution >= 4 is 23.1 Å². The molecule has 118 valence electrons. The molecule has 3 rings (SSSR count). The molecule has 0 aromatic heterocycles. The van der Waals surface area contributed by atoms with Crippen LogP contribution in [0.15, 0.2) is 29.8 Å². The van der Waals surface area contributed by atoms with Crippen LogP contribution in [0.1, 0.15) is 32.3 Å². The number of likely N-dealkylation sites (tertiary alicyclic amines) is 1. The van der Waals surface area contributed by atoms with Crippen LogP contribution in [0.3, 0.4) is 0 Å². The molecule has 0 saturated carbocycles. The summed E-state index contributed by atoms with van der Waals surface area (Å²) >= 11 is 0. The maximum atomic E-state index is 12.9. The van der Waals surface area contributed by atoms with Crippen molar-refractivity contribution < 1.29 is 9.59 Å². The Morgan fingerprint density at radius 3 is 2.48 bits per heavy atom. The predicted molar refractivity (Wildman–Crippen MR) is 87.4 cm³/mol. The highest BCUT2D eigenvalue weighted by Gasteiger charge is 2.38. The predicted octanol–water partition coefficient (Wildman–Crippen LogP) is 2.34. The monoisotopic (exact) mass is 309 g/mol. The number of nitriles is 1. The molecular formula is C18H19N3O2. The first-order valence-electron chi connectivity index (χ1n) is 7.93. The van der Waals surface area contributed by atoms with Gasteiger partial charge in [-0.05, 0) is 32.8 Å². The van der Waals surface area contributed by atoms with Crippen molar-refractivity contribution in [1.29, 1.82) is 5.26 Å². The van der Waals surface area contributed by atoms with E-state index in [1.165, 1.54) is 0 Å². The summed E-state index contributed by atoms with van der Waals surface area (Å²) in [7, 11) is 0. The van der Waals surface area contributed by atoms with E-state index in [1.54, 1.807) is 15.9 Å². The van der Waals surface area contributed by atoms with Gasteiger partial charge in [-0.3, -0.25) is 9.59 Å². The number of para-hydroxylation sites is 1. The van der Waals surface area contributed by atoms with E-state index in [4.69, 9.17) is 0 Å². The summed E-state index contributed by atoms with van der Waals surface area (Å²) in [5, 5.41) is 9.56. The molecule has 5 heteroatoms. The number of carbonyl (C=O) groups is 2.